The van der Waals surface area contributed by atoms with Crippen LogP contribution < -0.4 is 14.8 Å². The van der Waals surface area contributed by atoms with Crippen LogP contribution in [0.5, 0.6) is 11.5 Å². The van der Waals surface area contributed by atoms with Gasteiger partial charge in [-0.1, -0.05) is 6.07 Å². The number of anilines is 1. The first-order chi connectivity index (χ1) is 12.5. The molecule has 134 valence electrons. The van der Waals surface area contributed by atoms with Crippen LogP contribution in [-0.2, 0) is 9.53 Å². The molecule has 0 bridgehead atoms. The van der Waals surface area contributed by atoms with Gasteiger partial charge in [-0.05, 0) is 43.3 Å². The monoisotopic (exact) mass is 354 g/mol. The Balaban J connectivity index is 2.04. The minimum absolute atomic E-state index is 0.230. The maximum Gasteiger partial charge on any atom is 0.339 e. The van der Waals surface area contributed by atoms with Gasteiger partial charge in [-0.25, -0.2) is 4.79 Å². The number of benzene rings is 2. The fourth-order valence-electron chi connectivity index (χ4n) is 2.16. The zero-order chi connectivity index (χ0) is 19.1. The molecule has 0 aliphatic rings. The van der Waals surface area contributed by atoms with Gasteiger partial charge in [0.25, 0.3) is 5.91 Å². The van der Waals surface area contributed by atoms with Crippen LogP contribution in [0.2, 0.25) is 0 Å². The molecular weight excluding hydrogens is 336 g/mol. The number of carbonyl (C=O) groups excluding carboxylic acids is 2. The summed E-state index contributed by atoms with van der Waals surface area (Å²) in [6.07, 6.45) is -1.03. The molecule has 26 heavy (non-hydrogen) atoms. The van der Waals surface area contributed by atoms with E-state index in [9.17, 15) is 9.59 Å². The Morgan fingerprint density at radius 3 is 2.46 bits per heavy atom. The standard InChI is InChI=1S/C19H18N2O5/c1-12(18(22)21-15-6-4-5-13(9-15)11-20)26-19(23)14-7-8-16(24-2)17(10-14)25-3/h4-10,12H,1-3H3,(H,21,22)/t12-/m1/s1. The maximum atomic E-state index is 12.2. The Kier molecular flexibility index (Phi) is 6.17. The third-order valence-corrected chi connectivity index (χ3v) is 3.53. The van der Waals surface area contributed by atoms with Gasteiger partial charge in [0.1, 0.15) is 0 Å². The summed E-state index contributed by atoms with van der Waals surface area (Å²) < 4.78 is 15.4. The quantitative estimate of drug-likeness (QED) is 0.801. The van der Waals surface area contributed by atoms with E-state index in [1.165, 1.54) is 39.3 Å². The summed E-state index contributed by atoms with van der Waals surface area (Å²) >= 11 is 0. The van der Waals surface area contributed by atoms with Crippen molar-refractivity contribution in [2.75, 3.05) is 19.5 Å². The second kappa shape index (κ2) is 8.53. The van der Waals surface area contributed by atoms with Gasteiger partial charge >= 0.3 is 5.97 Å². The lowest BCUT2D eigenvalue weighted by Crippen LogP contribution is -2.30. The molecule has 2 rings (SSSR count). The summed E-state index contributed by atoms with van der Waals surface area (Å²) in [7, 11) is 2.95. The topological polar surface area (TPSA) is 97.6 Å². The average Bonchev–Trinajstić information content (AvgIpc) is 2.67. The van der Waals surface area contributed by atoms with E-state index in [1.54, 1.807) is 24.3 Å². The number of rotatable bonds is 6. The van der Waals surface area contributed by atoms with Gasteiger partial charge in [0.2, 0.25) is 0 Å². The molecule has 0 saturated heterocycles. The lowest BCUT2D eigenvalue weighted by Gasteiger charge is -2.14. The SMILES string of the molecule is COc1ccc(C(=O)O[C@H](C)C(=O)Nc2cccc(C#N)c2)cc1OC. The Labute approximate surface area is 151 Å². The van der Waals surface area contributed by atoms with Crippen molar-refractivity contribution in [3.05, 3.63) is 53.6 Å². The highest BCUT2D eigenvalue weighted by Gasteiger charge is 2.20. The first-order valence-corrected chi connectivity index (χ1v) is 7.72. The highest BCUT2D eigenvalue weighted by Crippen LogP contribution is 2.28. The number of nitriles is 1. The summed E-state index contributed by atoms with van der Waals surface area (Å²) in [5.74, 6) is -0.312. The number of methoxy groups -OCH3 is 2. The molecule has 7 heteroatoms. The van der Waals surface area contributed by atoms with Crippen LogP contribution in [0.15, 0.2) is 42.5 Å². The maximum absolute atomic E-state index is 12.2. The van der Waals surface area contributed by atoms with E-state index < -0.39 is 18.0 Å². The average molecular weight is 354 g/mol. The molecule has 7 nitrogen and oxygen atoms in total. The number of hydrogen-bond acceptors (Lipinski definition) is 6. The molecule has 2 aromatic rings. The summed E-state index contributed by atoms with van der Waals surface area (Å²) in [5.41, 5.74) is 1.09. The largest absolute Gasteiger partial charge is 0.493 e. The molecule has 0 aromatic heterocycles. The van der Waals surface area contributed by atoms with Crippen molar-refractivity contribution in [1.29, 1.82) is 5.26 Å². The molecule has 0 heterocycles. The van der Waals surface area contributed by atoms with E-state index in [-0.39, 0.29) is 5.56 Å². The van der Waals surface area contributed by atoms with Crippen molar-refractivity contribution in [1.82, 2.24) is 0 Å². The van der Waals surface area contributed by atoms with Crippen molar-refractivity contribution < 1.29 is 23.8 Å². The molecule has 0 aliphatic heterocycles. The van der Waals surface area contributed by atoms with Crippen molar-refractivity contribution in [3.8, 4) is 17.6 Å². The van der Waals surface area contributed by atoms with Gasteiger partial charge in [-0.3, -0.25) is 4.79 Å². The van der Waals surface area contributed by atoms with Crippen LogP contribution in [0, 0.1) is 11.3 Å². The number of hydrogen-bond donors (Lipinski definition) is 1. The molecule has 1 N–H and O–H groups in total. The van der Waals surface area contributed by atoms with E-state index in [4.69, 9.17) is 19.5 Å². The van der Waals surface area contributed by atoms with E-state index in [2.05, 4.69) is 5.32 Å². The number of ether oxygens (including phenoxy) is 3. The predicted molar refractivity (Wildman–Crippen MR) is 94.2 cm³/mol. The highest BCUT2D eigenvalue weighted by molar-refractivity contribution is 5.97. The Bertz CT molecular complexity index is 857. The highest BCUT2D eigenvalue weighted by atomic mass is 16.5. The minimum Gasteiger partial charge on any atom is -0.493 e. The molecule has 0 radical (unpaired) electrons. The number of amides is 1. The number of esters is 1. The fraction of sp³-hybridized carbons (Fsp3) is 0.211. The smallest absolute Gasteiger partial charge is 0.339 e. The second-order valence-corrected chi connectivity index (χ2v) is 5.30. The molecule has 0 unspecified atom stereocenters. The fourth-order valence-corrected chi connectivity index (χ4v) is 2.16. The predicted octanol–water partition coefficient (Wildman–Crippen LogP) is 2.76. The Morgan fingerprint density at radius 2 is 1.81 bits per heavy atom. The van der Waals surface area contributed by atoms with Gasteiger partial charge in [-0.15, -0.1) is 0 Å². The van der Waals surface area contributed by atoms with Gasteiger partial charge in [-0.2, -0.15) is 5.26 Å². The molecule has 1 amide bonds. The van der Waals surface area contributed by atoms with E-state index in [0.29, 0.717) is 22.7 Å². The summed E-state index contributed by atoms with van der Waals surface area (Å²) in [6, 6.07) is 13.0. The van der Waals surface area contributed by atoms with Crippen LogP contribution in [0.4, 0.5) is 5.69 Å². The first-order valence-electron chi connectivity index (χ1n) is 7.72. The molecule has 1 atom stereocenters. The van der Waals surface area contributed by atoms with Crippen molar-refractivity contribution in [2.24, 2.45) is 0 Å². The van der Waals surface area contributed by atoms with Crippen LogP contribution in [0.1, 0.15) is 22.8 Å². The number of nitrogens with one attached hydrogen (secondary N) is 1. The third kappa shape index (κ3) is 4.51. The molecule has 0 fully saturated rings. The first kappa shape index (κ1) is 18.8. The Morgan fingerprint density at radius 1 is 1.08 bits per heavy atom. The van der Waals surface area contributed by atoms with Gasteiger partial charge in [0, 0.05) is 5.69 Å². The van der Waals surface area contributed by atoms with Crippen LogP contribution in [-0.4, -0.2) is 32.2 Å². The molecule has 0 saturated carbocycles. The minimum atomic E-state index is -1.03. The summed E-state index contributed by atoms with van der Waals surface area (Å²) in [6.45, 7) is 1.46. The van der Waals surface area contributed by atoms with E-state index >= 15 is 0 Å². The Hall–Kier alpha value is -3.53. The zero-order valence-electron chi connectivity index (χ0n) is 14.6. The normalized spacial score (nSPS) is 11.0. The molecule has 0 aliphatic carbocycles. The summed E-state index contributed by atoms with van der Waals surface area (Å²) in [4.78, 5) is 24.4. The lowest BCUT2D eigenvalue weighted by atomic mass is 10.2. The molecular formula is C19H18N2O5. The number of carbonyl (C=O) groups is 2. The third-order valence-electron chi connectivity index (χ3n) is 3.53. The van der Waals surface area contributed by atoms with Crippen LogP contribution >= 0.6 is 0 Å². The zero-order valence-corrected chi connectivity index (χ0v) is 14.6. The van der Waals surface area contributed by atoms with Crippen molar-refractivity contribution in [3.63, 3.8) is 0 Å². The van der Waals surface area contributed by atoms with Crippen LogP contribution in [0.25, 0.3) is 0 Å². The molecule has 0 spiro atoms. The van der Waals surface area contributed by atoms with Gasteiger partial charge < -0.3 is 19.5 Å². The number of nitrogens with zero attached hydrogens (tertiary/aromatic N) is 1. The van der Waals surface area contributed by atoms with Crippen molar-refractivity contribution >= 4 is 17.6 Å². The summed E-state index contributed by atoms with van der Waals surface area (Å²) in [5, 5.41) is 11.5. The van der Waals surface area contributed by atoms with E-state index in [0.717, 1.165) is 0 Å². The van der Waals surface area contributed by atoms with Gasteiger partial charge in [0.05, 0.1) is 31.4 Å². The molecule has 2 aromatic carbocycles. The van der Waals surface area contributed by atoms with E-state index in [1.807, 2.05) is 6.07 Å². The van der Waals surface area contributed by atoms with Crippen molar-refractivity contribution in [2.45, 2.75) is 13.0 Å². The van der Waals surface area contributed by atoms with Crippen LogP contribution in [0.3, 0.4) is 0 Å². The van der Waals surface area contributed by atoms with Gasteiger partial charge in [0.15, 0.2) is 17.6 Å². The lowest BCUT2D eigenvalue weighted by molar-refractivity contribution is -0.123. The second-order valence-electron chi connectivity index (χ2n) is 5.30.